The highest BCUT2D eigenvalue weighted by molar-refractivity contribution is 6.30. The van der Waals surface area contributed by atoms with Gasteiger partial charge in [0, 0.05) is 36.8 Å². The van der Waals surface area contributed by atoms with E-state index in [1.54, 1.807) is 35.8 Å². The second kappa shape index (κ2) is 6.80. The minimum atomic E-state index is -0.0677. The SMILES string of the molecule is CN(Cc1ccc(Cl)cc1)C(=O)c1cccc(-c2nnnn2C)c1. The van der Waals surface area contributed by atoms with Gasteiger partial charge in [-0.2, -0.15) is 0 Å². The first-order valence-corrected chi connectivity index (χ1v) is 7.75. The number of hydrogen-bond donors (Lipinski definition) is 0. The Morgan fingerprint density at radius 1 is 1.21 bits per heavy atom. The topological polar surface area (TPSA) is 63.9 Å². The third kappa shape index (κ3) is 3.44. The number of nitrogens with zero attached hydrogens (tertiary/aromatic N) is 5. The zero-order valence-corrected chi connectivity index (χ0v) is 14.1. The van der Waals surface area contributed by atoms with Gasteiger partial charge in [-0.1, -0.05) is 35.9 Å². The van der Waals surface area contributed by atoms with Crippen LogP contribution in [0.5, 0.6) is 0 Å². The number of amides is 1. The third-order valence-electron chi connectivity index (χ3n) is 3.67. The summed E-state index contributed by atoms with van der Waals surface area (Å²) in [6.07, 6.45) is 0. The van der Waals surface area contributed by atoms with E-state index in [4.69, 9.17) is 11.6 Å². The first-order chi connectivity index (χ1) is 11.5. The lowest BCUT2D eigenvalue weighted by Crippen LogP contribution is -2.26. The number of aromatic nitrogens is 4. The summed E-state index contributed by atoms with van der Waals surface area (Å²) in [4.78, 5) is 14.3. The molecule has 2 aromatic carbocycles. The molecule has 7 heteroatoms. The lowest BCUT2D eigenvalue weighted by Gasteiger charge is -2.17. The van der Waals surface area contributed by atoms with Crippen molar-refractivity contribution < 1.29 is 4.79 Å². The molecule has 0 unspecified atom stereocenters. The van der Waals surface area contributed by atoms with Gasteiger partial charge in [0.1, 0.15) is 0 Å². The van der Waals surface area contributed by atoms with E-state index in [1.165, 1.54) is 0 Å². The second-order valence-electron chi connectivity index (χ2n) is 5.49. The molecule has 1 aromatic heterocycles. The summed E-state index contributed by atoms with van der Waals surface area (Å²) < 4.78 is 1.57. The average molecular weight is 342 g/mol. The molecular formula is C17H16ClN5O. The van der Waals surface area contributed by atoms with E-state index >= 15 is 0 Å². The molecule has 0 aliphatic carbocycles. The van der Waals surface area contributed by atoms with Crippen LogP contribution >= 0.6 is 11.6 Å². The van der Waals surface area contributed by atoms with Crippen LogP contribution in [0.4, 0.5) is 0 Å². The van der Waals surface area contributed by atoms with Crippen molar-refractivity contribution in [1.82, 2.24) is 25.1 Å². The Labute approximate surface area is 144 Å². The van der Waals surface area contributed by atoms with Gasteiger partial charge in [-0.3, -0.25) is 4.79 Å². The molecule has 0 N–H and O–H groups in total. The van der Waals surface area contributed by atoms with Crippen LogP contribution in [0.3, 0.4) is 0 Å². The van der Waals surface area contributed by atoms with Crippen molar-refractivity contribution in [3.8, 4) is 11.4 Å². The zero-order chi connectivity index (χ0) is 17.1. The summed E-state index contributed by atoms with van der Waals surface area (Å²) in [5.41, 5.74) is 2.41. The zero-order valence-electron chi connectivity index (χ0n) is 13.3. The largest absolute Gasteiger partial charge is 0.337 e. The number of aryl methyl sites for hydroxylation is 1. The summed E-state index contributed by atoms with van der Waals surface area (Å²) >= 11 is 5.89. The smallest absolute Gasteiger partial charge is 0.253 e. The minimum Gasteiger partial charge on any atom is -0.337 e. The summed E-state index contributed by atoms with van der Waals surface area (Å²) in [6, 6.07) is 14.7. The number of halogens is 1. The molecule has 1 heterocycles. The molecule has 1 amide bonds. The van der Waals surface area contributed by atoms with Gasteiger partial charge in [-0.25, -0.2) is 4.68 Å². The predicted octanol–water partition coefficient (Wildman–Crippen LogP) is 2.80. The van der Waals surface area contributed by atoms with E-state index < -0.39 is 0 Å². The fraction of sp³-hybridized carbons (Fsp3) is 0.176. The minimum absolute atomic E-state index is 0.0677. The van der Waals surface area contributed by atoms with E-state index in [1.807, 2.05) is 36.4 Å². The summed E-state index contributed by atoms with van der Waals surface area (Å²) in [5.74, 6) is 0.548. The summed E-state index contributed by atoms with van der Waals surface area (Å²) in [6.45, 7) is 0.506. The summed E-state index contributed by atoms with van der Waals surface area (Å²) in [5, 5.41) is 12.1. The van der Waals surface area contributed by atoms with Crippen molar-refractivity contribution in [2.24, 2.45) is 7.05 Å². The van der Waals surface area contributed by atoms with Crippen LogP contribution in [-0.2, 0) is 13.6 Å². The number of tetrazole rings is 1. The van der Waals surface area contributed by atoms with Gasteiger partial charge in [-0.05, 0) is 40.3 Å². The molecule has 0 fully saturated rings. The molecular weight excluding hydrogens is 326 g/mol. The normalized spacial score (nSPS) is 10.6. The Morgan fingerprint density at radius 3 is 2.62 bits per heavy atom. The van der Waals surface area contributed by atoms with Crippen molar-refractivity contribution in [2.75, 3.05) is 7.05 Å². The Kier molecular flexibility index (Phi) is 4.57. The number of carbonyl (C=O) groups is 1. The number of carbonyl (C=O) groups excluding carboxylic acids is 1. The monoisotopic (exact) mass is 341 g/mol. The van der Waals surface area contributed by atoms with E-state index in [9.17, 15) is 4.79 Å². The third-order valence-corrected chi connectivity index (χ3v) is 3.92. The van der Waals surface area contributed by atoms with Crippen molar-refractivity contribution in [2.45, 2.75) is 6.54 Å². The van der Waals surface area contributed by atoms with Gasteiger partial charge < -0.3 is 4.90 Å². The second-order valence-corrected chi connectivity index (χ2v) is 5.93. The van der Waals surface area contributed by atoms with Crippen LogP contribution < -0.4 is 0 Å². The van der Waals surface area contributed by atoms with Crippen LogP contribution in [0.25, 0.3) is 11.4 Å². The Morgan fingerprint density at radius 2 is 1.96 bits per heavy atom. The van der Waals surface area contributed by atoms with Crippen LogP contribution in [0.1, 0.15) is 15.9 Å². The molecule has 0 aliphatic rings. The van der Waals surface area contributed by atoms with E-state index in [0.29, 0.717) is 23.0 Å². The van der Waals surface area contributed by atoms with Crippen molar-refractivity contribution >= 4 is 17.5 Å². The predicted molar refractivity (Wildman–Crippen MR) is 91.5 cm³/mol. The molecule has 0 aliphatic heterocycles. The van der Waals surface area contributed by atoms with Crippen LogP contribution in [0.2, 0.25) is 5.02 Å². The standard InChI is InChI=1S/C17H16ClN5O/c1-22(11-12-6-8-15(18)9-7-12)17(24)14-5-3-4-13(10-14)16-19-20-21-23(16)2/h3-10H,11H2,1-2H3. The highest BCUT2D eigenvalue weighted by atomic mass is 35.5. The van der Waals surface area contributed by atoms with Gasteiger partial charge >= 0.3 is 0 Å². The summed E-state index contributed by atoms with van der Waals surface area (Å²) in [7, 11) is 3.53. The van der Waals surface area contributed by atoms with Gasteiger partial charge in [0.05, 0.1) is 0 Å². The van der Waals surface area contributed by atoms with E-state index in [2.05, 4.69) is 15.5 Å². The molecule has 0 saturated carbocycles. The Balaban J connectivity index is 1.79. The lowest BCUT2D eigenvalue weighted by atomic mass is 10.1. The Hall–Kier alpha value is -2.73. The van der Waals surface area contributed by atoms with Gasteiger partial charge in [0.2, 0.25) is 0 Å². The Bertz CT molecular complexity index is 859. The van der Waals surface area contributed by atoms with Crippen molar-refractivity contribution in [1.29, 1.82) is 0 Å². The molecule has 0 atom stereocenters. The molecule has 0 spiro atoms. The molecule has 0 radical (unpaired) electrons. The van der Waals surface area contributed by atoms with Crippen LogP contribution in [-0.4, -0.2) is 38.1 Å². The first kappa shape index (κ1) is 16.1. The molecule has 24 heavy (non-hydrogen) atoms. The molecule has 122 valence electrons. The highest BCUT2D eigenvalue weighted by Gasteiger charge is 2.14. The maximum atomic E-state index is 12.7. The average Bonchev–Trinajstić information content (AvgIpc) is 3.02. The van der Waals surface area contributed by atoms with Crippen LogP contribution in [0.15, 0.2) is 48.5 Å². The quantitative estimate of drug-likeness (QED) is 0.732. The number of rotatable bonds is 4. The maximum absolute atomic E-state index is 12.7. The van der Waals surface area contributed by atoms with Crippen molar-refractivity contribution in [3.63, 3.8) is 0 Å². The van der Waals surface area contributed by atoms with Gasteiger partial charge in [0.25, 0.3) is 5.91 Å². The molecule has 0 bridgehead atoms. The highest BCUT2D eigenvalue weighted by Crippen LogP contribution is 2.18. The van der Waals surface area contributed by atoms with E-state index in [-0.39, 0.29) is 5.91 Å². The van der Waals surface area contributed by atoms with Gasteiger partial charge in [-0.15, -0.1) is 5.10 Å². The molecule has 3 rings (SSSR count). The lowest BCUT2D eigenvalue weighted by molar-refractivity contribution is 0.0785. The first-order valence-electron chi connectivity index (χ1n) is 7.37. The maximum Gasteiger partial charge on any atom is 0.253 e. The fourth-order valence-corrected chi connectivity index (χ4v) is 2.55. The number of hydrogen-bond acceptors (Lipinski definition) is 4. The van der Waals surface area contributed by atoms with Gasteiger partial charge in [0.15, 0.2) is 5.82 Å². The number of benzene rings is 2. The fourth-order valence-electron chi connectivity index (χ4n) is 2.42. The molecule has 3 aromatic rings. The van der Waals surface area contributed by atoms with Crippen molar-refractivity contribution in [3.05, 3.63) is 64.7 Å². The molecule has 0 saturated heterocycles. The van der Waals surface area contributed by atoms with Crippen LogP contribution in [0, 0.1) is 0 Å². The van der Waals surface area contributed by atoms with E-state index in [0.717, 1.165) is 11.1 Å². The molecule has 6 nitrogen and oxygen atoms in total.